The van der Waals surface area contributed by atoms with Gasteiger partial charge in [-0.3, -0.25) is 13.9 Å². The van der Waals surface area contributed by atoms with E-state index < -0.39 is 28.5 Å². The van der Waals surface area contributed by atoms with Gasteiger partial charge >= 0.3 is 0 Å². The van der Waals surface area contributed by atoms with Gasteiger partial charge in [-0.25, -0.2) is 8.42 Å². The second-order valence-corrected chi connectivity index (χ2v) is 12.9. The lowest BCUT2D eigenvalue weighted by Gasteiger charge is -2.32. The summed E-state index contributed by atoms with van der Waals surface area (Å²) in [6, 6.07) is 15.2. The van der Waals surface area contributed by atoms with E-state index in [4.69, 9.17) is 34.8 Å². The molecule has 11 heteroatoms. The highest BCUT2D eigenvalue weighted by Crippen LogP contribution is 2.31. The zero-order valence-electron chi connectivity index (χ0n) is 23.5. The first-order chi connectivity index (χ1) is 19.4. The maximum Gasteiger partial charge on any atom is 0.264 e. The number of nitrogens with zero attached hydrogens (tertiary/aromatic N) is 2. The van der Waals surface area contributed by atoms with Gasteiger partial charge in [-0.1, -0.05) is 71.9 Å². The molecule has 3 rings (SSSR count). The number of carbonyl (C=O) groups excluding carboxylic acids is 2. The number of halogens is 3. The molecule has 220 valence electrons. The molecule has 7 nitrogen and oxygen atoms in total. The summed E-state index contributed by atoms with van der Waals surface area (Å²) in [5.74, 6) is -0.977. The van der Waals surface area contributed by atoms with E-state index in [2.05, 4.69) is 5.32 Å². The van der Waals surface area contributed by atoms with Gasteiger partial charge in [-0.05, 0) is 75.2 Å². The van der Waals surface area contributed by atoms with Crippen LogP contribution in [0.5, 0.6) is 0 Å². The number of carbonyl (C=O) groups is 2. The zero-order valence-corrected chi connectivity index (χ0v) is 26.5. The Hall–Kier alpha value is -2.78. The van der Waals surface area contributed by atoms with Crippen molar-refractivity contribution in [3.05, 3.63) is 92.4 Å². The van der Waals surface area contributed by atoms with E-state index in [0.29, 0.717) is 38.4 Å². The molecular weight excluding hydrogens is 605 g/mol. The van der Waals surface area contributed by atoms with Crippen LogP contribution in [0.3, 0.4) is 0 Å². The number of unbranched alkanes of at least 4 members (excludes halogenated alkanes) is 1. The van der Waals surface area contributed by atoms with Crippen molar-refractivity contribution in [2.24, 2.45) is 0 Å². The van der Waals surface area contributed by atoms with Gasteiger partial charge in [0.05, 0.1) is 10.6 Å². The van der Waals surface area contributed by atoms with Gasteiger partial charge in [0.2, 0.25) is 11.8 Å². The normalized spacial score (nSPS) is 12.1. The molecule has 0 aliphatic rings. The molecule has 2 amide bonds. The molecule has 0 heterocycles. The molecule has 3 aromatic rings. The fraction of sp³-hybridized carbons (Fsp3) is 0.333. The minimum atomic E-state index is -4.20. The Morgan fingerprint density at radius 3 is 2.17 bits per heavy atom. The highest BCUT2D eigenvalue weighted by molar-refractivity contribution is 7.92. The van der Waals surface area contributed by atoms with Gasteiger partial charge in [0.25, 0.3) is 10.0 Å². The van der Waals surface area contributed by atoms with Crippen LogP contribution in [0.4, 0.5) is 5.69 Å². The number of nitrogens with one attached hydrogen (secondary N) is 1. The maximum absolute atomic E-state index is 14.1. The van der Waals surface area contributed by atoms with E-state index in [1.54, 1.807) is 62.4 Å². The summed E-state index contributed by atoms with van der Waals surface area (Å²) in [7, 11) is -4.20. The Morgan fingerprint density at radius 2 is 1.59 bits per heavy atom. The van der Waals surface area contributed by atoms with Crippen LogP contribution in [0, 0.1) is 13.8 Å². The van der Waals surface area contributed by atoms with Gasteiger partial charge in [-0.2, -0.15) is 0 Å². The third-order valence-corrected chi connectivity index (χ3v) is 9.42. The van der Waals surface area contributed by atoms with Gasteiger partial charge in [0.15, 0.2) is 0 Å². The third kappa shape index (κ3) is 8.16. The second-order valence-electron chi connectivity index (χ2n) is 9.80. The SMILES string of the molecule is CCCCNC(=O)[C@H](C)N(Cc1c(Cl)cccc1Cl)C(=O)CN(c1ccc(Cl)cc1C)S(=O)(=O)c1ccc(C)cc1. The summed E-state index contributed by atoms with van der Waals surface area (Å²) in [5, 5.41) is 3.93. The fourth-order valence-corrected chi connectivity index (χ4v) is 6.44. The lowest BCUT2D eigenvalue weighted by molar-refractivity contribution is -0.139. The van der Waals surface area contributed by atoms with Crippen LogP contribution < -0.4 is 9.62 Å². The quantitative estimate of drug-likeness (QED) is 0.221. The lowest BCUT2D eigenvalue weighted by atomic mass is 10.1. The molecule has 0 aliphatic carbocycles. The first kappa shape index (κ1) is 32.7. The third-order valence-electron chi connectivity index (χ3n) is 6.70. The van der Waals surface area contributed by atoms with Crippen LogP contribution in [0.15, 0.2) is 65.6 Å². The van der Waals surface area contributed by atoms with Crippen molar-refractivity contribution >= 4 is 62.3 Å². The molecule has 3 aromatic carbocycles. The van der Waals surface area contributed by atoms with Gasteiger partial charge < -0.3 is 10.2 Å². The molecule has 0 bridgehead atoms. The van der Waals surface area contributed by atoms with E-state index in [-0.39, 0.29) is 17.3 Å². The Labute approximate surface area is 257 Å². The number of rotatable bonds is 12. The summed E-state index contributed by atoms with van der Waals surface area (Å²) in [4.78, 5) is 28.5. The molecule has 0 aromatic heterocycles. The predicted molar refractivity (Wildman–Crippen MR) is 166 cm³/mol. The van der Waals surface area contributed by atoms with Crippen LogP contribution in [0.25, 0.3) is 0 Å². The number of hydrogen-bond donors (Lipinski definition) is 1. The summed E-state index contributed by atoms with van der Waals surface area (Å²) in [6.07, 6.45) is 1.67. The largest absolute Gasteiger partial charge is 0.354 e. The smallest absolute Gasteiger partial charge is 0.264 e. The molecule has 0 spiro atoms. The lowest BCUT2D eigenvalue weighted by Crippen LogP contribution is -2.51. The minimum absolute atomic E-state index is 0.0244. The van der Waals surface area contributed by atoms with E-state index in [9.17, 15) is 18.0 Å². The number of anilines is 1. The van der Waals surface area contributed by atoms with Crippen LogP contribution in [-0.4, -0.2) is 44.3 Å². The molecular formula is C30H34Cl3N3O4S. The van der Waals surface area contributed by atoms with Crippen molar-refractivity contribution in [2.45, 2.75) is 58.0 Å². The van der Waals surface area contributed by atoms with Crippen LogP contribution >= 0.6 is 34.8 Å². The number of hydrogen-bond acceptors (Lipinski definition) is 4. The average Bonchev–Trinajstić information content (AvgIpc) is 2.92. The summed E-state index contributed by atoms with van der Waals surface area (Å²) >= 11 is 19.0. The standard InChI is InChI=1S/C30H34Cl3N3O4S/c1-5-6-16-34-30(38)22(4)35(18-25-26(32)8-7-9-27(25)33)29(37)19-36(28-15-12-23(31)17-21(28)3)41(39,40)24-13-10-20(2)11-14-24/h7-15,17,22H,5-6,16,18-19H2,1-4H3,(H,34,38)/t22-/m0/s1. The van der Waals surface area contributed by atoms with E-state index >= 15 is 0 Å². The first-order valence-electron chi connectivity index (χ1n) is 13.2. The van der Waals surface area contributed by atoms with E-state index in [1.807, 2.05) is 13.8 Å². The molecule has 0 fully saturated rings. The number of amides is 2. The van der Waals surface area contributed by atoms with Gasteiger partial charge in [-0.15, -0.1) is 0 Å². The molecule has 0 aliphatic heterocycles. The number of sulfonamides is 1. The van der Waals surface area contributed by atoms with Gasteiger partial charge in [0, 0.05) is 33.7 Å². The second kappa shape index (κ2) is 14.4. The van der Waals surface area contributed by atoms with Crippen LogP contribution in [0.2, 0.25) is 15.1 Å². The van der Waals surface area contributed by atoms with Crippen molar-refractivity contribution in [3.63, 3.8) is 0 Å². The molecule has 41 heavy (non-hydrogen) atoms. The molecule has 0 radical (unpaired) electrons. The number of benzene rings is 3. The van der Waals surface area contributed by atoms with Crippen LogP contribution in [0.1, 0.15) is 43.4 Å². The van der Waals surface area contributed by atoms with Crippen molar-refractivity contribution in [1.82, 2.24) is 10.2 Å². The summed E-state index contributed by atoms with van der Waals surface area (Å²) in [6.45, 7) is 6.95. The fourth-order valence-electron chi connectivity index (χ4n) is 4.22. The van der Waals surface area contributed by atoms with Crippen molar-refractivity contribution in [1.29, 1.82) is 0 Å². The van der Waals surface area contributed by atoms with Crippen molar-refractivity contribution in [2.75, 3.05) is 17.4 Å². The van der Waals surface area contributed by atoms with E-state index in [0.717, 1.165) is 22.7 Å². The highest BCUT2D eigenvalue weighted by Gasteiger charge is 2.33. The molecule has 0 saturated carbocycles. The Balaban J connectivity index is 2.07. The maximum atomic E-state index is 14.1. The Bertz CT molecular complexity index is 1480. The minimum Gasteiger partial charge on any atom is -0.354 e. The molecule has 1 atom stereocenters. The zero-order chi connectivity index (χ0) is 30.3. The van der Waals surface area contributed by atoms with Crippen molar-refractivity contribution in [3.8, 4) is 0 Å². The monoisotopic (exact) mass is 637 g/mol. The Morgan fingerprint density at radius 1 is 0.951 bits per heavy atom. The predicted octanol–water partition coefficient (Wildman–Crippen LogP) is 6.79. The average molecular weight is 639 g/mol. The first-order valence-corrected chi connectivity index (χ1v) is 15.8. The summed E-state index contributed by atoms with van der Waals surface area (Å²) < 4.78 is 29.0. The molecule has 0 unspecified atom stereocenters. The number of aryl methyl sites for hydroxylation is 2. The Kier molecular flexibility index (Phi) is 11.5. The van der Waals surface area contributed by atoms with Gasteiger partial charge in [0.1, 0.15) is 12.6 Å². The van der Waals surface area contributed by atoms with E-state index in [1.165, 1.54) is 17.0 Å². The van der Waals surface area contributed by atoms with Crippen molar-refractivity contribution < 1.29 is 18.0 Å². The topological polar surface area (TPSA) is 86.8 Å². The molecule has 0 saturated heterocycles. The molecule has 1 N–H and O–H groups in total. The summed E-state index contributed by atoms with van der Waals surface area (Å²) in [5.41, 5.74) is 2.19. The highest BCUT2D eigenvalue weighted by atomic mass is 35.5. The van der Waals surface area contributed by atoms with Crippen LogP contribution in [-0.2, 0) is 26.2 Å².